The lowest BCUT2D eigenvalue weighted by Gasteiger charge is -2.08. The molecule has 0 saturated heterocycles. The third-order valence-corrected chi connectivity index (χ3v) is 3.23. The van der Waals surface area contributed by atoms with E-state index in [1.165, 1.54) is 0 Å². The molecule has 0 aliphatic carbocycles. The van der Waals surface area contributed by atoms with Gasteiger partial charge in [0.2, 0.25) is 0 Å². The van der Waals surface area contributed by atoms with E-state index in [0.717, 1.165) is 12.2 Å². The fourth-order valence-corrected chi connectivity index (χ4v) is 1.90. The van der Waals surface area contributed by atoms with E-state index in [9.17, 15) is 0 Å². The van der Waals surface area contributed by atoms with E-state index in [1.807, 2.05) is 6.07 Å². The molecule has 7 heteroatoms. The Morgan fingerprint density at radius 2 is 1.67 bits per heavy atom. The molecule has 1 aromatic carbocycles. The van der Waals surface area contributed by atoms with Gasteiger partial charge >= 0.3 is 0 Å². The Labute approximate surface area is 140 Å². The SMILES string of the molecule is CN=C(N)c1ccc(OCCCOc2ccc(C(=N)N)cc2)cn1. The maximum atomic E-state index is 7.33. The van der Waals surface area contributed by atoms with Crippen LogP contribution < -0.4 is 20.9 Å². The number of aliphatic imine (C=N–C) groups is 1. The third kappa shape index (κ3) is 4.98. The van der Waals surface area contributed by atoms with Crippen molar-refractivity contribution in [3.8, 4) is 11.5 Å². The highest BCUT2D eigenvalue weighted by molar-refractivity contribution is 5.95. The molecule has 0 spiro atoms. The van der Waals surface area contributed by atoms with Crippen LogP contribution in [0.1, 0.15) is 17.7 Å². The van der Waals surface area contributed by atoms with Gasteiger partial charge in [-0.25, -0.2) is 4.98 Å². The summed E-state index contributed by atoms with van der Waals surface area (Å²) in [6.45, 7) is 1.05. The standard InChI is InChI=1S/C17H21N5O2/c1-21-17(20)15-8-7-14(11-22-15)24-10-2-9-23-13-5-3-12(4-6-13)16(18)19/h3-8,11H,2,9-10H2,1H3,(H3,18,19)(H2,20,21). The lowest BCUT2D eigenvalue weighted by atomic mass is 10.2. The average molecular weight is 327 g/mol. The molecule has 1 aromatic heterocycles. The molecule has 0 aliphatic heterocycles. The van der Waals surface area contributed by atoms with Crippen LogP contribution in [-0.4, -0.2) is 36.9 Å². The Balaban J connectivity index is 1.70. The maximum Gasteiger partial charge on any atom is 0.144 e. The predicted octanol–water partition coefficient (Wildman–Crippen LogP) is 1.55. The smallest absolute Gasteiger partial charge is 0.144 e. The summed E-state index contributed by atoms with van der Waals surface area (Å²) >= 11 is 0. The first kappa shape index (κ1) is 17.3. The van der Waals surface area contributed by atoms with Crippen molar-refractivity contribution in [2.45, 2.75) is 6.42 Å². The summed E-state index contributed by atoms with van der Waals surface area (Å²) in [5, 5.41) is 7.33. The zero-order valence-corrected chi connectivity index (χ0v) is 13.5. The molecule has 0 unspecified atom stereocenters. The lowest BCUT2D eigenvalue weighted by molar-refractivity contribution is 0.247. The van der Waals surface area contributed by atoms with Crippen molar-refractivity contribution in [3.05, 3.63) is 53.9 Å². The summed E-state index contributed by atoms with van der Waals surface area (Å²) in [5.41, 5.74) is 12.4. The quantitative estimate of drug-likeness (QED) is 0.386. The highest BCUT2D eigenvalue weighted by Crippen LogP contribution is 2.13. The molecule has 126 valence electrons. The number of nitrogens with two attached hydrogens (primary N) is 2. The molecular formula is C17H21N5O2. The largest absolute Gasteiger partial charge is 0.493 e. The predicted molar refractivity (Wildman–Crippen MR) is 94.0 cm³/mol. The minimum Gasteiger partial charge on any atom is -0.493 e. The first-order chi connectivity index (χ1) is 11.6. The first-order valence-electron chi connectivity index (χ1n) is 7.49. The Morgan fingerprint density at radius 1 is 1.04 bits per heavy atom. The highest BCUT2D eigenvalue weighted by Gasteiger charge is 2.01. The van der Waals surface area contributed by atoms with Gasteiger partial charge in [-0.1, -0.05) is 0 Å². The summed E-state index contributed by atoms with van der Waals surface area (Å²) in [4.78, 5) is 8.05. The van der Waals surface area contributed by atoms with Crippen LogP contribution in [0.3, 0.4) is 0 Å². The fraction of sp³-hybridized carbons (Fsp3) is 0.235. The van der Waals surface area contributed by atoms with E-state index in [0.29, 0.717) is 36.1 Å². The number of hydrogen-bond acceptors (Lipinski definition) is 5. The van der Waals surface area contributed by atoms with E-state index < -0.39 is 0 Å². The van der Waals surface area contributed by atoms with Crippen LogP contribution in [0.15, 0.2) is 47.6 Å². The maximum absolute atomic E-state index is 7.33. The van der Waals surface area contributed by atoms with Crippen LogP contribution in [0.5, 0.6) is 11.5 Å². The monoisotopic (exact) mass is 327 g/mol. The lowest BCUT2D eigenvalue weighted by Crippen LogP contribution is -2.14. The van der Waals surface area contributed by atoms with Crippen molar-refractivity contribution in [1.82, 2.24) is 4.98 Å². The van der Waals surface area contributed by atoms with Gasteiger partial charge in [-0.15, -0.1) is 0 Å². The summed E-state index contributed by atoms with van der Waals surface area (Å²) in [6, 6.07) is 10.7. The van der Waals surface area contributed by atoms with Crippen molar-refractivity contribution < 1.29 is 9.47 Å². The topological polar surface area (TPSA) is 120 Å². The van der Waals surface area contributed by atoms with Crippen molar-refractivity contribution >= 4 is 11.7 Å². The number of rotatable bonds is 8. The second kappa shape index (κ2) is 8.52. The van der Waals surface area contributed by atoms with Crippen LogP contribution in [0, 0.1) is 5.41 Å². The van der Waals surface area contributed by atoms with Crippen molar-refractivity contribution in [2.75, 3.05) is 20.3 Å². The van der Waals surface area contributed by atoms with Gasteiger partial charge in [0.1, 0.15) is 28.9 Å². The molecule has 24 heavy (non-hydrogen) atoms. The van der Waals surface area contributed by atoms with Gasteiger partial charge in [-0.3, -0.25) is 10.4 Å². The second-order valence-electron chi connectivity index (χ2n) is 4.98. The first-order valence-corrected chi connectivity index (χ1v) is 7.49. The molecule has 2 aromatic rings. The molecule has 0 saturated carbocycles. The summed E-state index contributed by atoms with van der Waals surface area (Å²) in [7, 11) is 1.62. The summed E-state index contributed by atoms with van der Waals surface area (Å²) < 4.78 is 11.2. The van der Waals surface area contributed by atoms with Gasteiger partial charge < -0.3 is 20.9 Å². The van der Waals surface area contributed by atoms with E-state index in [-0.39, 0.29) is 5.84 Å². The normalized spacial score (nSPS) is 11.1. The average Bonchev–Trinajstić information content (AvgIpc) is 2.61. The Morgan fingerprint density at radius 3 is 2.21 bits per heavy atom. The number of ether oxygens (including phenoxy) is 2. The van der Waals surface area contributed by atoms with Crippen LogP contribution in [-0.2, 0) is 0 Å². The molecular weight excluding hydrogens is 306 g/mol. The van der Waals surface area contributed by atoms with Crippen molar-refractivity contribution in [2.24, 2.45) is 16.5 Å². The van der Waals surface area contributed by atoms with Crippen LogP contribution in [0.4, 0.5) is 0 Å². The Bertz CT molecular complexity index is 696. The molecule has 0 amide bonds. The Hall–Kier alpha value is -3.09. The molecule has 0 aliphatic rings. The molecule has 0 radical (unpaired) electrons. The number of hydrogen-bond donors (Lipinski definition) is 3. The Kier molecular flexibility index (Phi) is 6.13. The summed E-state index contributed by atoms with van der Waals surface area (Å²) in [5.74, 6) is 1.85. The molecule has 1 heterocycles. The number of benzene rings is 1. The molecule has 5 N–H and O–H groups in total. The number of nitrogens with zero attached hydrogens (tertiary/aromatic N) is 2. The fourth-order valence-electron chi connectivity index (χ4n) is 1.90. The van der Waals surface area contributed by atoms with Crippen LogP contribution in [0.25, 0.3) is 0 Å². The molecule has 2 rings (SSSR count). The highest BCUT2D eigenvalue weighted by atomic mass is 16.5. The van der Waals surface area contributed by atoms with Gasteiger partial charge in [-0.2, -0.15) is 0 Å². The van der Waals surface area contributed by atoms with E-state index in [4.69, 9.17) is 26.4 Å². The number of nitrogen functional groups attached to an aromatic ring is 1. The third-order valence-electron chi connectivity index (χ3n) is 3.23. The van der Waals surface area contributed by atoms with Gasteiger partial charge in [0.15, 0.2) is 0 Å². The van der Waals surface area contributed by atoms with Crippen molar-refractivity contribution in [3.63, 3.8) is 0 Å². The number of pyridine rings is 1. The number of nitrogens with one attached hydrogen (secondary N) is 1. The minimum absolute atomic E-state index is 0.0431. The van der Waals surface area contributed by atoms with Crippen LogP contribution in [0.2, 0.25) is 0 Å². The zero-order valence-electron chi connectivity index (χ0n) is 13.5. The van der Waals surface area contributed by atoms with Crippen molar-refractivity contribution in [1.29, 1.82) is 5.41 Å². The molecule has 0 bridgehead atoms. The zero-order chi connectivity index (χ0) is 17.4. The van der Waals surface area contributed by atoms with E-state index in [2.05, 4.69) is 9.98 Å². The molecule has 0 fully saturated rings. The van der Waals surface area contributed by atoms with Gasteiger partial charge in [0.05, 0.1) is 19.4 Å². The van der Waals surface area contributed by atoms with Gasteiger partial charge in [0, 0.05) is 19.0 Å². The number of amidine groups is 2. The molecule has 0 atom stereocenters. The second-order valence-corrected chi connectivity index (χ2v) is 4.98. The minimum atomic E-state index is 0.0431. The van der Waals surface area contributed by atoms with E-state index >= 15 is 0 Å². The molecule has 7 nitrogen and oxygen atoms in total. The van der Waals surface area contributed by atoms with E-state index in [1.54, 1.807) is 43.6 Å². The number of aromatic nitrogens is 1. The van der Waals surface area contributed by atoms with Gasteiger partial charge in [0.25, 0.3) is 0 Å². The van der Waals surface area contributed by atoms with Gasteiger partial charge in [-0.05, 0) is 36.4 Å². The summed E-state index contributed by atoms with van der Waals surface area (Å²) in [6.07, 6.45) is 2.35. The van der Waals surface area contributed by atoms with Crippen LogP contribution >= 0.6 is 0 Å².